The van der Waals surface area contributed by atoms with Crippen LogP contribution in [-0.2, 0) is 19.1 Å². The summed E-state index contributed by atoms with van der Waals surface area (Å²) in [6.45, 7) is 5.21. The number of carbonyl (C=O) groups excluding carboxylic acids is 2. The normalized spacial score (nSPS) is 10.4. The highest BCUT2D eigenvalue weighted by Gasteiger charge is 2.33. The fourth-order valence-corrected chi connectivity index (χ4v) is 1.69. The Morgan fingerprint density at radius 3 is 2.16 bits per heavy atom. The van der Waals surface area contributed by atoms with Crippen LogP contribution in [0.4, 0.5) is 4.39 Å². The Hall–Kier alpha value is -1.91. The topological polar surface area (TPSA) is 52.6 Å². The molecular weight excluding hydrogens is 251 g/mol. The van der Waals surface area contributed by atoms with Crippen LogP contribution in [0.1, 0.15) is 30.9 Å². The van der Waals surface area contributed by atoms with Crippen LogP contribution in [0, 0.1) is 12.7 Å². The van der Waals surface area contributed by atoms with E-state index in [2.05, 4.69) is 0 Å². The molecule has 0 radical (unpaired) electrons. The van der Waals surface area contributed by atoms with Crippen LogP contribution in [0.15, 0.2) is 18.2 Å². The Morgan fingerprint density at radius 1 is 1.16 bits per heavy atom. The summed E-state index contributed by atoms with van der Waals surface area (Å²) >= 11 is 0. The lowest BCUT2D eigenvalue weighted by molar-refractivity contribution is -0.157. The predicted octanol–water partition coefficient (Wildman–Crippen LogP) is 2.34. The van der Waals surface area contributed by atoms with Gasteiger partial charge in [0.25, 0.3) is 0 Å². The zero-order valence-electron chi connectivity index (χ0n) is 11.2. The molecule has 0 atom stereocenters. The molecule has 0 aliphatic rings. The third-order valence-corrected chi connectivity index (χ3v) is 2.51. The number of ether oxygens (including phenoxy) is 2. The van der Waals surface area contributed by atoms with E-state index in [4.69, 9.17) is 9.47 Å². The molecule has 0 saturated heterocycles. The van der Waals surface area contributed by atoms with Crippen LogP contribution in [0.25, 0.3) is 0 Å². The molecule has 0 N–H and O–H groups in total. The van der Waals surface area contributed by atoms with Crippen molar-refractivity contribution in [3.8, 4) is 0 Å². The van der Waals surface area contributed by atoms with Crippen LogP contribution < -0.4 is 0 Å². The fraction of sp³-hybridized carbons (Fsp3) is 0.429. The lowest BCUT2D eigenvalue weighted by Crippen LogP contribution is -2.27. The molecule has 0 fully saturated rings. The van der Waals surface area contributed by atoms with Gasteiger partial charge in [0, 0.05) is 5.56 Å². The Morgan fingerprint density at radius 2 is 1.68 bits per heavy atom. The smallest absolute Gasteiger partial charge is 0.324 e. The van der Waals surface area contributed by atoms with E-state index >= 15 is 0 Å². The molecule has 0 bridgehead atoms. The quantitative estimate of drug-likeness (QED) is 0.607. The van der Waals surface area contributed by atoms with Crippen molar-refractivity contribution in [1.82, 2.24) is 0 Å². The Bertz CT molecular complexity index is 453. The number of aryl methyl sites for hydroxylation is 1. The molecule has 104 valence electrons. The second-order valence-corrected chi connectivity index (χ2v) is 3.96. The molecule has 0 heterocycles. The maximum atomic E-state index is 13.8. The van der Waals surface area contributed by atoms with Crippen molar-refractivity contribution in [2.24, 2.45) is 0 Å². The Kier molecular flexibility index (Phi) is 5.48. The molecule has 1 rings (SSSR count). The lowest BCUT2D eigenvalue weighted by atomic mass is 9.97. The van der Waals surface area contributed by atoms with Gasteiger partial charge in [-0.1, -0.05) is 17.7 Å². The fourth-order valence-electron chi connectivity index (χ4n) is 1.69. The van der Waals surface area contributed by atoms with E-state index in [0.29, 0.717) is 0 Å². The largest absolute Gasteiger partial charge is 0.465 e. The minimum Gasteiger partial charge on any atom is -0.465 e. The van der Waals surface area contributed by atoms with E-state index in [-0.39, 0.29) is 18.8 Å². The van der Waals surface area contributed by atoms with Gasteiger partial charge in [0.1, 0.15) is 5.82 Å². The van der Waals surface area contributed by atoms with Gasteiger partial charge in [-0.15, -0.1) is 0 Å². The number of halogens is 1. The van der Waals surface area contributed by atoms with Gasteiger partial charge in [-0.2, -0.15) is 0 Å². The molecule has 0 saturated carbocycles. The van der Waals surface area contributed by atoms with E-state index in [1.54, 1.807) is 26.8 Å². The summed E-state index contributed by atoms with van der Waals surface area (Å²) in [5.41, 5.74) is 0.729. The second-order valence-electron chi connectivity index (χ2n) is 3.96. The summed E-state index contributed by atoms with van der Waals surface area (Å²) in [6, 6.07) is 4.23. The van der Waals surface area contributed by atoms with E-state index in [0.717, 1.165) is 5.56 Å². The lowest BCUT2D eigenvalue weighted by Gasteiger charge is -2.15. The van der Waals surface area contributed by atoms with Gasteiger partial charge in [-0.25, -0.2) is 4.39 Å². The molecule has 1 aromatic carbocycles. The maximum absolute atomic E-state index is 13.8. The van der Waals surface area contributed by atoms with Crippen LogP contribution >= 0.6 is 0 Å². The first kappa shape index (κ1) is 15.1. The summed E-state index contributed by atoms with van der Waals surface area (Å²) in [5, 5.41) is 0. The van der Waals surface area contributed by atoms with Gasteiger partial charge in [0.2, 0.25) is 0 Å². The molecule has 0 aliphatic carbocycles. The van der Waals surface area contributed by atoms with Crippen LogP contribution in [0.2, 0.25) is 0 Å². The van der Waals surface area contributed by atoms with Gasteiger partial charge in [-0.05, 0) is 26.8 Å². The van der Waals surface area contributed by atoms with Crippen molar-refractivity contribution >= 4 is 11.9 Å². The zero-order chi connectivity index (χ0) is 14.4. The minimum atomic E-state index is -1.38. The van der Waals surface area contributed by atoms with Crippen LogP contribution in [-0.4, -0.2) is 25.2 Å². The zero-order valence-corrected chi connectivity index (χ0v) is 11.2. The Labute approximate surface area is 111 Å². The standard InChI is InChI=1S/C14H17FO4/c1-4-18-13(16)12(14(17)19-5-2)10-8-9(3)6-7-11(10)15/h6-8,12H,4-5H2,1-3H3. The third kappa shape index (κ3) is 3.77. The molecule has 0 aromatic heterocycles. The number of benzene rings is 1. The van der Waals surface area contributed by atoms with Crippen LogP contribution in [0.3, 0.4) is 0 Å². The first-order chi connectivity index (χ1) is 9.01. The second kappa shape index (κ2) is 6.87. The van der Waals surface area contributed by atoms with Crippen molar-refractivity contribution in [2.75, 3.05) is 13.2 Å². The third-order valence-electron chi connectivity index (χ3n) is 2.51. The van der Waals surface area contributed by atoms with Crippen molar-refractivity contribution < 1.29 is 23.5 Å². The highest BCUT2D eigenvalue weighted by molar-refractivity contribution is 6.00. The van der Waals surface area contributed by atoms with E-state index < -0.39 is 23.7 Å². The molecule has 0 unspecified atom stereocenters. The highest BCUT2D eigenvalue weighted by atomic mass is 19.1. The minimum absolute atomic E-state index is 0.0168. The van der Waals surface area contributed by atoms with Gasteiger partial charge >= 0.3 is 11.9 Å². The highest BCUT2D eigenvalue weighted by Crippen LogP contribution is 2.23. The molecular formula is C14H17FO4. The van der Waals surface area contributed by atoms with E-state index in [1.165, 1.54) is 12.1 Å². The summed E-state index contributed by atoms with van der Waals surface area (Å²) < 4.78 is 23.4. The Balaban J connectivity index is 3.18. The molecule has 19 heavy (non-hydrogen) atoms. The van der Waals surface area contributed by atoms with Crippen molar-refractivity contribution in [1.29, 1.82) is 0 Å². The molecule has 4 nitrogen and oxygen atoms in total. The first-order valence-electron chi connectivity index (χ1n) is 6.10. The number of esters is 2. The average molecular weight is 268 g/mol. The maximum Gasteiger partial charge on any atom is 0.324 e. The molecule has 0 aliphatic heterocycles. The monoisotopic (exact) mass is 268 g/mol. The first-order valence-corrected chi connectivity index (χ1v) is 6.10. The van der Waals surface area contributed by atoms with Gasteiger partial charge in [0.05, 0.1) is 13.2 Å². The van der Waals surface area contributed by atoms with Gasteiger partial charge in [-0.3, -0.25) is 9.59 Å². The van der Waals surface area contributed by atoms with Gasteiger partial charge in [0.15, 0.2) is 5.92 Å². The summed E-state index contributed by atoms with van der Waals surface area (Å²) in [5.74, 6) is -3.60. The number of carbonyl (C=O) groups is 2. The summed E-state index contributed by atoms with van der Waals surface area (Å²) in [6.07, 6.45) is 0. The molecule has 5 heteroatoms. The summed E-state index contributed by atoms with van der Waals surface area (Å²) in [4.78, 5) is 23.7. The van der Waals surface area contributed by atoms with E-state index in [1.807, 2.05) is 0 Å². The van der Waals surface area contributed by atoms with E-state index in [9.17, 15) is 14.0 Å². The predicted molar refractivity (Wildman–Crippen MR) is 67.1 cm³/mol. The summed E-state index contributed by atoms with van der Waals surface area (Å²) in [7, 11) is 0. The van der Waals surface area contributed by atoms with Crippen molar-refractivity contribution in [3.05, 3.63) is 35.1 Å². The number of rotatable bonds is 5. The average Bonchev–Trinajstić information content (AvgIpc) is 2.34. The molecule has 1 aromatic rings. The molecule has 0 spiro atoms. The van der Waals surface area contributed by atoms with Gasteiger partial charge < -0.3 is 9.47 Å². The SMILES string of the molecule is CCOC(=O)C(C(=O)OCC)c1cc(C)ccc1F. The molecule has 0 amide bonds. The van der Waals surface area contributed by atoms with Crippen molar-refractivity contribution in [2.45, 2.75) is 26.7 Å². The van der Waals surface area contributed by atoms with Crippen molar-refractivity contribution in [3.63, 3.8) is 0 Å². The van der Waals surface area contributed by atoms with Crippen LogP contribution in [0.5, 0.6) is 0 Å². The number of hydrogen-bond acceptors (Lipinski definition) is 4. The number of hydrogen-bond donors (Lipinski definition) is 0.